The largest absolute Gasteiger partial charge is 0.508 e. The van der Waals surface area contributed by atoms with Crippen molar-refractivity contribution >= 4 is 11.8 Å². The molecule has 0 fully saturated rings. The van der Waals surface area contributed by atoms with E-state index in [-0.39, 0.29) is 0 Å². The predicted octanol–water partition coefficient (Wildman–Crippen LogP) is 2.42. The second-order valence-corrected chi connectivity index (χ2v) is 4.35. The van der Waals surface area contributed by atoms with Gasteiger partial charge >= 0.3 is 0 Å². The van der Waals surface area contributed by atoms with Gasteiger partial charge in [-0.1, -0.05) is 0 Å². The van der Waals surface area contributed by atoms with Crippen LogP contribution < -0.4 is 0 Å². The number of thioether (sulfide) groups is 1. The first-order valence-corrected chi connectivity index (χ1v) is 5.62. The molecule has 0 radical (unpaired) electrons. The molecule has 78 valence electrons. The second-order valence-electron chi connectivity index (χ2n) is 3.30. The summed E-state index contributed by atoms with van der Waals surface area (Å²) in [5.74, 6) is 1.21. The summed E-state index contributed by atoms with van der Waals surface area (Å²) in [4.78, 5) is 1.15. The number of hydrogen-bond acceptors (Lipinski definition) is 3. The van der Waals surface area contributed by atoms with Gasteiger partial charge in [-0.25, -0.2) is 0 Å². The van der Waals surface area contributed by atoms with Crippen LogP contribution in [-0.4, -0.2) is 14.9 Å². The highest BCUT2D eigenvalue weighted by Crippen LogP contribution is 2.23. The Morgan fingerprint density at radius 3 is 2.67 bits per heavy atom. The fraction of sp³-hybridized carbons (Fsp3) is 0.182. The maximum atomic E-state index is 9.12. The van der Waals surface area contributed by atoms with E-state index in [1.54, 1.807) is 28.6 Å². The van der Waals surface area contributed by atoms with Crippen LogP contribution in [0.1, 0.15) is 5.56 Å². The summed E-state index contributed by atoms with van der Waals surface area (Å²) in [5, 5.41) is 13.2. The van der Waals surface area contributed by atoms with Crippen LogP contribution in [-0.2, 0) is 12.8 Å². The van der Waals surface area contributed by atoms with Gasteiger partial charge in [0.2, 0.25) is 0 Å². The Morgan fingerprint density at radius 1 is 1.33 bits per heavy atom. The number of aromatic nitrogens is 2. The van der Waals surface area contributed by atoms with Crippen LogP contribution in [0.5, 0.6) is 5.75 Å². The van der Waals surface area contributed by atoms with Gasteiger partial charge in [0.1, 0.15) is 5.75 Å². The Bertz CT molecular complexity index is 436. The molecule has 4 heteroatoms. The molecule has 0 saturated carbocycles. The van der Waals surface area contributed by atoms with Gasteiger partial charge in [0.05, 0.1) is 6.20 Å². The Hall–Kier alpha value is -1.42. The van der Waals surface area contributed by atoms with E-state index in [0.717, 1.165) is 10.6 Å². The Kier molecular flexibility index (Phi) is 2.97. The zero-order valence-electron chi connectivity index (χ0n) is 8.42. The Morgan fingerprint density at radius 2 is 2.07 bits per heavy atom. The highest BCUT2D eigenvalue weighted by Gasteiger charge is 1.98. The molecule has 3 nitrogen and oxygen atoms in total. The van der Waals surface area contributed by atoms with Crippen molar-refractivity contribution < 1.29 is 5.11 Å². The molecule has 1 N–H and O–H groups in total. The molecule has 0 spiro atoms. The van der Waals surface area contributed by atoms with E-state index in [2.05, 4.69) is 5.10 Å². The maximum Gasteiger partial charge on any atom is 0.115 e. The van der Waals surface area contributed by atoms with Crippen molar-refractivity contribution in [3.8, 4) is 5.75 Å². The molecular weight excluding hydrogens is 208 g/mol. The third-order valence-electron chi connectivity index (χ3n) is 2.00. The molecule has 2 aromatic rings. The van der Waals surface area contributed by atoms with Crippen LogP contribution in [0.4, 0.5) is 0 Å². The average Bonchev–Trinajstić information content (AvgIpc) is 2.64. The topological polar surface area (TPSA) is 38.0 Å². The van der Waals surface area contributed by atoms with Crippen molar-refractivity contribution in [1.29, 1.82) is 0 Å². The zero-order chi connectivity index (χ0) is 10.7. The van der Waals surface area contributed by atoms with Gasteiger partial charge in [0, 0.05) is 29.5 Å². The average molecular weight is 220 g/mol. The first kappa shape index (κ1) is 10.1. The van der Waals surface area contributed by atoms with Gasteiger partial charge in [0.15, 0.2) is 0 Å². The molecule has 0 amide bonds. The van der Waals surface area contributed by atoms with Gasteiger partial charge in [-0.2, -0.15) is 5.10 Å². The van der Waals surface area contributed by atoms with Gasteiger partial charge in [-0.15, -0.1) is 11.8 Å². The minimum absolute atomic E-state index is 0.306. The van der Waals surface area contributed by atoms with E-state index in [1.165, 1.54) is 5.56 Å². The summed E-state index contributed by atoms with van der Waals surface area (Å²) in [5.41, 5.74) is 1.20. The van der Waals surface area contributed by atoms with E-state index < -0.39 is 0 Å². The number of aryl methyl sites for hydroxylation is 1. The normalized spacial score (nSPS) is 10.5. The number of nitrogens with zero attached hydrogens (tertiary/aromatic N) is 2. The summed E-state index contributed by atoms with van der Waals surface area (Å²) >= 11 is 1.73. The minimum atomic E-state index is 0.306. The fourth-order valence-electron chi connectivity index (χ4n) is 1.26. The van der Waals surface area contributed by atoms with E-state index in [1.807, 2.05) is 31.6 Å². The molecule has 1 aromatic heterocycles. The van der Waals surface area contributed by atoms with Crippen molar-refractivity contribution in [1.82, 2.24) is 9.78 Å². The number of phenolic OH excluding ortho intramolecular Hbond substituents is 1. The molecule has 0 bridgehead atoms. The van der Waals surface area contributed by atoms with Gasteiger partial charge in [-0.3, -0.25) is 4.68 Å². The van der Waals surface area contributed by atoms with Crippen LogP contribution in [0.15, 0.2) is 41.6 Å². The molecule has 0 unspecified atom stereocenters. The first-order valence-electron chi connectivity index (χ1n) is 4.63. The Balaban J connectivity index is 1.96. The summed E-state index contributed by atoms with van der Waals surface area (Å²) in [7, 11) is 1.91. The number of hydrogen-bond donors (Lipinski definition) is 1. The summed E-state index contributed by atoms with van der Waals surface area (Å²) < 4.78 is 1.80. The molecule has 0 aliphatic rings. The van der Waals surface area contributed by atoms with Crippen molar-refractivity contribution in [2.45, 2.75) is 10.6 Å². The molecule has 0 aliphatic heterocycles. The zero-order valence-corrected chi connectivity index (χ0v) is 9.24. The standard InChI is InChI=1S/C11H12N2OS/c1-13-7-9(6-12-13)8-15-11-4-2-10(14)3-5-11/h2-7,14H,8H2,1H3. The van der Waals surface area contributed by atoms with Gasteiger partial charge < -0.3 is 5.11 Å². The quantitative estimate of drug-likeness (QED) is 0.807. The van der Waals surface area contributed by atoms with Crippen LogP contribution in [0.25, 0.3) is 0 Å². The fourth-order valence-corrected chi connectivity index (χ4v) is 2.07. The first-order chi connectivity index (χ1) is 7.24. The summed E-state index contributed by atoms with van der Waals surface area (Å²) in [6.45, 7) is 0. The van der Waals surface area contributed by atoms with Crippen molar-refractivity contribution in [3.63, 3.8) is 0 Å². The molecule has 15 heavy (non-hydrogen) atoms. The SMILES string of the molecule is Cn1cc(CSc2ccc(O)cc2)cn1. The van der Waals surface area contributed by atoms with Gasteiger partial charge in [-0.05, 0) is 24.3 Å². The lowest BCUT2D eigenvalue weighted by molar-refractivity contribution is 0.475. The number of rotatable bonds is 3. The molecule has 1 heterocycles. The lowest BCUT2D eigenvalue weighted by Gasteiger charge is -1.99. The number of phenols is 1. The summed E-state index contributed by atoms with van der Waals surface area (Å²) in [6.07, 6.45) is 3.88. The lowest BCUT2D eigenvalue weighted by atomic mass is 10.3. The van der Waals surface area contributed by atoms with Crippen LogP contribution in [0.3, 0.4) is 0 Å². The predicted molar refractivity (Wildman–Crippen MR) is 60.9 cm³/mol. The maximum absolute atomic E-state index is 9.12. The van der Waals surface area contributed by atoms with Crippen LogP contribution in [0.2, 0.25) is 0 Å². The minimum Gasteiger partial charge on any atom is -0.508 e. The van der Waals surface area contributed by atoms with Crippen molar-refractivity contribution in [2.75, 3.05) is 0 Å². The third-order valence-corrected chi connectivity index (χ3v) is 3.08. The van der Waals surface area contributed by atoms with E-state index in [4.69, 9.17) is 5.11 Å². The highest BCUT2D eigenvalue weighted by molar-refractivity contribution is 7.98. The monoisotopic (exact) mass is 220 g/mol. The van der Waals surface area contributed by atoms with Crippen molar-refractivity contribution in [3.05, 3.63) is 42.2 Å². The van der Waals surface area contributed by atoms with E-state index in [0.29, 0.717) is 5.75 Å². The lowest BCUT2D eigenvalue weighted by Crippen LogP contribution is -1.84. The molecule has 2 rings (SSSR count). The number of benzene rings is 1. The smallest absolute Gasteiger partial charge is 0.115 e. The Labute approximate surface area is 92.7 Å². The third kappa shape index (κ3) is 2.76. The molecule has 1 aromatic carbocycles. The molecule has 0 saturated heterocycles. The van der Waals surface area contributed by atoms with Crippen LogP contribution in [0, 0.1) is 0 Å². The second kappa shape index (κ2) is 4.40. The van der Waals surface area contributed by atoms with Gasteiger partial charge in [0.25, 0.3) is 0 Å². The molecular formula is C11H12N2OS. The number of aromatic hydroxyl groups is 1. The van der Waals surface area contributed by atoms with Crippen molar-refractivity contribution in [2.24, 2.45) is 7.05 Å². The molecule has 0 aliphatic carbocycles. The van der Waals surface area contributed by atoms with Crippen LogP contribution >= 0.6 is 11.8 Å². The van der Waals surface area contributed by atoms with E-state index in [9.17, 15) is 0 Å². The van der Waals surface area contributed by atoms with E-state index >= 15 is 0 Å². The summed E-state index contributed by atoms with van der Waals surface area (Å²) in [6, 6.07) is 7.23. The molecule has 0 atom stereocenters. The highest BCUT2D eigenvalue weighted by atomic mass is 32.2.